The molecule has 1 aliphatic rings. The maximum absolute atomic E-state index is 12.2. The third-order valence-electron chi connectivity index (χ3n) is 3.70. The smallest absolute Gasteiger partial charge is 0.410 e. The Balaban J connectivity index is 1.90. The van der Waals surface area contributed by atoms with E-state index in [1.165, 1.54) is 16.9 Å². The predicted molar refractivity (Wildman–Crippen MR) is 80.9 cm³/mol. The van der Waals surface area contributed by atoms with Crippen LogP contribution in [0.25, 0.3) is 0 Å². The SMILES string of the molecule is COC(=O)CC1CN(C(=O)OCc2ccccc2)CCN1C#N. The molecule has 0 radical (unpaired) electrons. The minimum Gasteiger partial charge on any atom is -0.469 e. The van der Waals surface area contributed by atoms with Crippen molar-refractivity contribution in [1.82, 2.24) is 9.80 Å². The monoisotopic (exact) mass is 317 g/mol. The molecule has 1 unspecified atom stereocenters. The molecule has 0 aliphatic carbocycles. The zero-order valence-electron chi connectivity index (χ0n) is 13.0. The lowest BCUT2D eigenvalue weighted by molar-refractivity contribution is -0.142. The molecule has 7 nitrogen and oxygen atoms in total. The predicted octanol–water partition coefficient (Wildman–Crippen LogP) is 1.35. The summed E-state index contributed by atoms with van der Waals surface area (Å²) in [6.45, 7) is 1.22. The third kappa shape index (κ3) is 4.61. The normalized spacial score (nSPS) is 17.3. The highest BCUT2D eigenvalue weighted by Gasteiger charge is 2.31. The standard InChI is InChI=1S/C16H19N3O4/c1-22-15(20)9-14-10-18(7-8-19(14)12-17)16(21)23-11-13-5-3-2-4-6-13/h2-6,14H,7-11H2,1H3. The van der Waals surface area contributed by atoms with E-state index in [0.29, 0.717) is 13.1 Å². The molecule has 1 aromatic carbocycles. The van der Waals surface area contributed by atoms with E-state index in [2.05, 4.69) is 4.74 Å². The fraction of sp³-hybridized carbons (Fsp3) is 0.438. The van der Waals surface area contributed by atoms with Gasteiger partial charge >= 0.3 is 12.1 Å². The quantitative estimate of drug-likeness (QED) is 0.616. The van der Waals surface area contributed by atoms with Gasteiger partial charge in [0.25, 0.3) is 0 Å². The van der Waals surface area contributed by atoms with E-state index in [1.807, 2.05) is 36.5 Å². The van der Waals surface area contributed by atoms with Crippen molar-refractivity contribution in [3.05, 3.63) is 35.9 Å². The zero-order valence-corrected chi connectivity index (χ0v) is 13.0. The highest BCUT2D eigenvalue weighted by molar-refractivity contribution is 5.71. The second-order valence-corrected chi connectivity index (χ2v) is 5.21. The molecule has 0 N–H and O–H groups in total. The lowest BCUT2D eigenvalue weighted by atomic mass is 10.1. The number of hydrogen-bond acceptors (Lipinski definition) is 6. The zero-order chi connectivity index (χ0) is 16.7. The minimum atomic E-state index is -0.443. The molecule has 1 heterocycles. The van der Waals surface area contributed by atoms with Gasteiger partial charge in [-0.2, -0.15) is 5.26 Å². The Morgan fingerprint density at radius 3 is 2.70 bits per heavy atom. The molecule has 1 atom stereocenters. The number of carbonyl (C=O) groups is 2. The first-order valence-electron chi connectivity index (χ1n) is 7.33. The number of nitrogens with zero attached hydrogens (tertiary/aromatic N) is 3. The molecule has 0 spiro atoms. The summed E-state index contributed by atoms with van der Waals surface area (Å²) in [5.74, 6) is -0.408. The van der Waals surface area contributed by atoms with Crippen LogP contribution >= 0.6 is 0 Å². The Bertz CT molecular complexity index is 585. The van der Waals surface area contributed by atoms with Crippen LogP contribution in [0.2, 0.25) is 0 Å². The molecule has 1 aliphatic heterocycles. The highest BCUT2D eigenvalue weighted by atomic mass is 16.6. The van der Waals surface area contributed by atoms with Crippen LogP contribution < -0.4 is 0 Å². The molecule has 7 heteroatoms. The molecule has 1 aromatic rings. The van der Waals surface area contributed by atoms with E-state index in [4.69, 9.17) is 10.00 Å². The van der Waals surface area contributed by atoms with Gasteiger partial charge in [0.1, 0.15) is 6.61 Å². The van der Waals surface area contributed by atoms with Gasteiger partial charge in [0, 0.05) is 19.6 Å². The third-order valence-corrected chi connectivity index (χ3v) is 3.70. The molecule has 122 valence electrons. The van der Waals surface area contributed by atoms with E-state index in [9.17, 15) is 9.59 Å². The van der Waals surface area contributed by atoms with Crippen molar-refractivity contribution in [2.75, 3.05) is 26.7 Å². The molecule has 1 fully saturated rings. The summed E-state index contributed by atoms with van der Waals surface area (Å²) in [5.41, 5.74) is 0.905. The summed E-state index contributed by atoms with van der Waals surface area (Å²) >= 11 is 0. The molecular formula is C16H19N3O4. The fourth-order valence-electron chi connectivity index (χ4n) is 2.41. The molecule has 0 bridgehead atoms. The molecule has 0 aromatic heterocycles. The van der Waals surface area contributed by atoms with Crippen LogP contribution in [0.15, 0.2) is 30.3 Å². The van der Waals surface area contributed by atoms with Crippen molar-refractivity contribution in [1.29, 1.82) is 5.26 Å². The minimum absolute atomic E-state index is 0.0620. The van der Waals surface area contributed by atoms with E-state index in [0.717, 1.165) is 5.56 Å². The Morgan fingerprint density at radius 2 is 2.04 bits per heavy atom. The topological polar surface area (TPSA) is 82.9 Å². The first kappa shape index (κ1) is 16.6. The lowest BCUT2D eigenvalue weighted by Crippen LogP contribution is -2.53. The molecule has 23 heavy (non-hydrogen) atoms. The van der Waals surface area contributed by atoms with Crippen LogP contribution in [0.4, 0.5) is 4.79 Å². The Hall–Kier alpha value is -2.75. The number of rotatable bonds is 4. The Kier molecular flexibility index (Phi) is 5.80. The van der Waals surface area contributed by atoms with E-state index >= 15 is 0 Å². The van der Waals surface area contributed by atoms with Crippen molar-refractivity contribution in [2.24, 2.45) is 0 Å². The average molecular weight is 317 g/mol. The molecular weight excluding hydrogens is 298 g/mol. The van der Waals surface area contributed by atoms with Crippen molar-refractivity contribution in [2.45, 2.75) is 19.1 Å². The lowest BCUT2D eigenvalue weighted by Gasteiger charge is -2.37. The average Bonchev–Trinajstić information content (AvgIpc) is 2.60. The van der Waals surface area contributed by atoms with Crippen LogP contribution in [0.3, 0.4) is 0 Å². The van der Waals surface area contributed by atoms with E-state index in [-0.39, 0.29) is 25.6 Å². The second-order valence-electron chi connectivity index (χ2n) is 5.21. The summed E-state index contributed by atoms with van der Waals surface area (Å²) in [6, 6.07) is 9.01. The van der Waals surface area contributed by atoms with Crippen molar-refractivity contribution >= 4 is 12.1 Å². The van der Waals surface area contributed by atoms with Gasteiger partial charge in [-0.1, -0.05) is 30.3 Å². The van der Waals surface area contributed by atoms with E-state index < -0.39 is 12.1 Å². The summed E-state index contributed by atoms with van der Waals surface area (Å²) in [4.78, 5) is 26.6. The van der Waals surface area contributed by atoms with Gasteiger partial charge in [-0.05, 0) is 5.56 Å². The maximum Gasteiger partial charge on any atom is 0.410 e. The van der Waals surface area contributed by atoms with Gasteiger partial charge < -0.3 is 19.3 Å². The summed E-state index contributed by atoms with van der Waals surface area (Å²) < 4.78 is 9.92. The summed E-state index contributed by atoms with van der Waals surface area (Å²) in [5, 5.41) is 9.11. The number of benzene rings is 1. The van der Waals surface area contributed by atoms with Gasteiger partial charge in [-0.15, -0.1) is 0 Å². The van der Waals surface area contributed by atoms with E-state index in [1.54, 1.807) is 0 Å². The number of methoxy groups -OCH3 is 1. The number of hydrogen-bond donors (Lipinski definition) is 0. The van der Waals surface area contributed by atoms with Crippen LogP contribution in [0, 0.1) is 11.5 Å². The summed E-state index contributed by atoms with van der Waals surface area (Å²) in [6.07, 6.45) is 1.67. The van der Waals surface area contributed by atoms with Crippen molar-refractivity contribution < 1.29 is 19.1 Å². The number of ether oxygens (including phenoxy) is 2. The molecule has 0 saturated carbocycles. The number of carbonyl (C=O) groups excluding carboxylic acids is 2. The fourth-order valence-corrected chi connectivity index (χ4v) is 2.41. The van der Waals surface area contributed by atoms with Gasteiger partial charge in [0.05, 0.1) is 19.6 Å². The Morgan fingerprint density at radius 1 is 1.30 bits per heavy atom. The largest absolute Gasteiger partial charge is 0.469 e. The van der Waals surface area contributed by atoms with Gasteiger partial charge in [0.15, 0.2) is 6.19 Å². The highest BCUT2D eigenvalue weighted by Crippen LogP contribution is 2.14. The van der Waals surface area contributed by atoms with Gasteiger partial charge in [-0.25, -0.2) is 4.79 Å². The number of piperazine rings is 1. The number of amides is 1. The Labute approximate surface area is 135 Å². The molecule has 1 amide bonds. The van der Waals surface area contributed by atoms with Gasteiger partial charge in [0.2, 0.25) is 0 Å². The molecule has 1 saturated heterocycles. The first-order valence-corrected chi connectivity index (χ1v) is 7.33. The van der Waals surface area contributed by atoms with Crippen LogP contribution in [0.5, 0.6) is 0 Å². The number of nitriles is 1. The number of esters is 1. The van der Waals surface area contributed by atoms with Crippen LogP contribution in [0.1, 0.15) is 12.0 Å². The molecule has 2 rings (SSSR count). The van der Waals surface area contributed by atoms with Gasteiger partial charge in [-0.3, -0.25) is 4.79 Å². The van der Waals surface area contributed by atoms with Crippen molar-refractivity contribution in [3.8, 4) is 6.19 Å². The van der Waals surface area contributed by atoms with Crippen LogP contribution in [-0.2, 0) is 20.9 Å². The second kappa shape index (κ2) is 8.03. The van der Waals surface area contributed by atoms with Crippen molar-refractivity contribution in [3.63, 3.8) is 0 Å². The summed E-state index contributed by atoms with van der Waals surface area (Å²) in [7, 11) is 1.30. The maximum atomic E-state index is 12.2. The van der Waals surface area contributed by atoms with Crippen LogP contribution in [-0.4, -0.2) is 54.6 Å². The first-order chi connectivity index (χ1) is 11.1.